The SMILES string of the molecule is CO[B]NCc1ccc(NC(=O)c2cc(Cl)c(OCCN3C(=O)c4ccccc4C3=O)c(Cl)c2)cc1. The van der Waals surface area contributed by atoms with Crippen LogP contribution in [0, 0.1) is 0 Å². The molecule has 0 atom stereocenters. The summed E-state index contributed by atoms with van der Waals surface area (Å²) in [5, 5.41) is 6.04. The van der Waals surface area contributed by atoms with Gasteiger partial charge in [-0.1, -0.05) is 47.5 Å². The average Bonchev–Trinajstić information content (AvgIpc) is 3.11. The Kier molecular flexibility index (Phi) is 8.27. The van der Waals surface area contributed by atoms with Gasteiger partial charge in [0.15, 0.2) is 5.75 Å². The summed E-state index contributed by atoms with van der Waals surface area (Å²) in [6.07, 6.45) is 0. The maximum Gasteiger partial charge on any atom is 0.395 e. The Hall–Kier alpha value is -3.37. The maximum absolute atomic E-state index is 12.7. The molecule has 36 heavy (non-hydrogen) atoms. The predicted molar refractivity (Wildman–Crippen MR) is 138 cm³/mol. The van der Waals surface area contributed by atoms with E-state index in [1.54, 1.807) is 43.5 Å². The Labute approximate surface area is 218 Å². The number of hydrogen-bond donors (Lipinski definition) is 2. The molecule has 0 spiro atoms. The number of halogens is 2. The molecule has 0 aromatic heterocycles. The number of anilines is 1. The van der Waals surface area contributed by atoms with Crippen LogP contribution in [0.5, 0.6) is 5.75 Å². The Morgan fingerprint density at radius 1 is 0.972 bits per heavy atom. The second kappa shape index (κ2) is 11.6. The van der Waals surface area contributed by atoms with Gasteiger partial charge in [-0.25, -0.2) is 0 Å². The number of benzene rings is 3. The van der Waals surface area contributed by atoms with Gasteiger partial charge in [0, 0.05) is 24.9 Å². The first kappa shape index (κ1) is 25.7. The summed E-state index contributed by atoms with van der Waals surface area (Å²) in [6, 6.07) is 16.8. The highest BCUT2D eigenvalue weighted by Gasteiger charge is 2.34. The quantitative estimate of drug-likeness (QED) is 0.234. The molecule has 8 nitrogen and oxygen atoms in total. The third kappa shape index (κ3) is 5.71. The van der Waals surface area contributed by atoms with Crippen molar-refractivity contribution in [1.29, 1.82) is 0 Å². The van der Waals surface area contributed by atoms with Crippen LogP contribution in [0.1, 0.15) is 36.6 Å². The fourth-order valence-corrected chi connectivity index (χ4v) is 4.26. The van der Waals surface area contributed by atoms with Crippen LogP contribution in [0.3, 0.4) is 0 Å². The molecule has 0 fully saturated rings. The molecule has 1 radical (unpaired) electrons. The van der Waals surface area contributed by atoms with E-state index >= 15 is 0 Å². The number of rotatable bonds is 10. The molecular formula is C25H21BCl2N3O5. The van der Waals surface area contributed by atoms with Crippen LogP contribution in [-0.2, 0) is 11.2 Å². The molecule has 1 heterocycles. The van der Waals surface area contributed by atoms with E-state index in [0.717, 1.165) is 10.5 Å². The molecule has 0 bridgehead atoms. The molecule has 0 aliphatic carbocycles. The summed E-state index contributed by atoms with van der Waals surface area (Å²) in [4.78, 5) is 38.8. The molecule has 183 valence electrons. The first-order chi connectivity index (χ1) is 17.4. The molecule has 1 aliphatic heterocycles. The monoisotopic (exact) mass is 524 g/mol. The lowest BCUT2D eigenvalue weighted by atomic mass is 10.1. The number of fused-ring (bicyclic) bond motifs is 1. The molecular weight excluding hydrogens is 504 g/mol. The first-order valence-corrected chi connectivity index (χ1v) is 11.7. The number of ether oxygens (including phenoxy) is 1. The number of carbonyl (C=O) groups excluding carboxylic acids is 3. The van der Waals surface area contributed by atoms with Gasteiger partial charge in [0.05, 0.1) is 27.7 Å². The number of nitrogens with one attached hydrogen (secondary N) is 2. The van der Waals surface area contributed by atoms with E-state index < -0.39 is 5.91 Å². The normalized spacial score (nSPS) is 12.5. The van der Waals surface area contributed by atoms with Crippen molar-refractivity contribution in [3.8, 4) is 5.75 Å². The topological polar surface area (TPSA) is 97.0 Å². The highest BCUT2D eigenvalue weighted by atomic mass is 35.5. The van der Waals surface area contributed by atoms with E-state index in [4.69, 9.17) is 32.6 Å². The lowest BCUT2D eigenvalue weighted by molar-refractivity contribution is 0.0631. The maximum atomic E-state index is 12.7. The molecule has 0 unspecified atom stereocenters. The standard InChI is InChI=1S/C25H21BCl2N3O5/c1-35-26-29-14-15-6-8-17(9-7-15)30-23(32)16-12-20(27)22(21(28)13-16)36-11-10-31-24(33)18-4-2-3-5-19(18)25(31)34/h2-9,12-13,29H,10-11,14H2,1H3,(H,30,32). The fourth-order valence-electron chi connectivity index (χ4n) is 3.66. The van der Waals surface area contributed by atoms with Crippen molar-refractivity contribution in [1.82, 2.24) is 10.1 Å². The molecule has 4 rings (SSSR count). The largest absolute Gasteiger partial charge is 0.489 e. The molecule has 3 aromatic carbocycles. The highest BCUT2D eigenvalue weighted by Crippen LogP contribution is 2.34. The minimum Gasteiger partial charge on any atom is -0.489 e. The van der Waals surface area contributed by atoms with Crippen LogP contribution in [0.25, 0.3) is 0 Å². The van der Waals surface area contributed by atoms with E-state index in [9.17, 15) is 14.4 Å². The Morgan fingerprint density at radius 3 is 2.17 bits per heavy atom. The second-order valence-electron chi connectivity index (χ2n) is 7.81. The lowest BCUT2D eigenvalue weighted by Crippen LogP contribution is -2.33. The number of hydrogen-bond acceptors (Lipinski definition) is 6. The average molecular weight is 525 g/mol. The van der Waals surface area contributed by atoms with Gasteiger partial charge in [-0.2, -0.15) is 0 Å². The smallest absolute Gasteiger partial charge is 0.395 e. The van der Waals surface area contributed by atoms with Crippen molar-refractivity contribution in [3.05, 3.63) is 93.0 Å². The third-order valence-corrected chi connectivity index (χ3v) is 5.98. The van der Waals surface area contributed by atoms with Gasteiger partial charge in [-0.3, -0.25) is 19.3 Å². The van der Waals surface area contributed by atoms with Crippen LogP contribution in [0.4, 0.5) is 5.69 Å². The highest BCUT2D eigenvalue weighted by molar-refractivity contribution is 6.37. The van der Waals surface area contributed by atoms with Crippen molar-refractivity contribution in [2.24, 2.45) is 0 Å². The van der Waals surface area contributed by atoms with Crippen molar-refractivity contribution in [2.45, 2.75) is 6.54 Å². The summed E-state index contributed by atoms with van der Waals surface area (Å²) in [7, 11) is 3.04. The van der Waals surface area contributed by atoms with E-state index in [1.165, 1.54) is 19.7 Å². The first-order valence-electron chi connectivity index (χ1n) is 10.9. The molecule has 1 aliphatic rings. The zero-order valence-electron chi connectivity index (χ0n) is 19.2. The van der Waals surface area contributed by atoms with Gasteiger partial charge >= 0.3 is 7.62 Å². The van der Waals surface area contributed by atoms with Crippen LogP contribution in [-0.4, -0.2) is 50.5 Å². The fraction of sp³-hybridized carbons (Fsp3) is 0.160. The molecule has 3 aromatic rings. The summed E-state index contributed by atoms with van der Waals surface area (Å²) >= 11 is 12.7. The molecule has 3 amide bonds. The van der Waals surface area contributed by atoms with Crippen LogP contribution in [0.15, 0.2) is 60.7 Å². The van der Waals surface area contributed by atoms with Crippen LogP contribution < -0.4 is 15.3 Å². The zero-order valence-corrected chi connectivity index (χ0v) is 20.7. The van der Waals surface area contributed by atoms with Gasteiger partial charge in [-0.15, -0.1) is 0 Å². The minimum absolute atomic E-state index is 0.0141. The minimum atomic E-state index is -0.394. The van der Waals surface area contributed by atoms with Gasteiger partial charge in [-0.05, 0) is 42.0 Å². The summed E-state index contributed by atoms with van der Waals surface area (Å²) in [5.74, 6) is -0.979. The number of imide groups is 1. The Balaban J connectivity index is 1.35. The summed E-state index contributed by atoms with van der Waals surface area (Å²) < 4.78 is 10.5. The molecule has 0 saturated heterocycles. The molecule has 0 saturated carbocycles. The summed E-state index contributed by atoms with van der Waals surface area (Å²) in [6.45, 7) is 0.595. The van der Waals surface area contributed by atoms with Crippen LogP contribution >= 0.6 is 23.2 Å². The van der Waals surface area contributed by atoms with E-state index in [-0.39, 0.29) is 46.3 Å². The van der Waals surface area contributed by atoms with Crippen molar-refractivity contribution >= 4 is 54.2 Å². The number of carbonyl (C=O) groups is 3. The van der Waals surface area contributed by atoms with E-state index in [1.807, 2.05) is 12.1 Å². The molecule has 11 heteroatoms. The molecule has 2 N–H and O–H groups in total. The lowest BCUT2D eigenvalue weighted by Gasteiger charge is -2.16. The number of amides is 3. The zero-order chi connectivity index (χ0) is 25.7. The second-order valence-corrected chi connectivity index (χ2v) is 8.62. The summed E-state index contributed by atoms with van der Waals surface area (Å²) in [5.41, 5.74) is 2.59. The van der Waals surface area contributed by atoms with E-state index in [2.05, 4.69) is 10.5 Å². The Bertz CT molecular complexity index is 1250. The Morgan fingerprint density at radius 2 is 1.58 bits per heavy atom. The third-order valence-electron chi connectivity index (χ3n) is 5.42. The van der Waals surface area contributed by atoms with Crippen molar-refractivity contribution in [2.75, 3.05) is 25.6 Å². The van der Waals surface area contributed by atoms with Gasteiger partial charge in [0.1, 0.15) is 6.61 Å². The van der Waals surface area contributed by atoms with Crippen molar-refractivity contribution < 1.29 is 23.8 Å². The predicted octanol–water partition coefficient (Wildman–Crippen LogP) is 4.19. The van der Waals surface area contributed by atoms with E-state index in [0.29, 0.717) is 23.4 Å². The van der Waals surface area contributed by atoms with Crippen molar-refractivity contribution in [3.63, 3.8) is 0 Å². The number of nitrogens with zero attached hydrogens (tertiary/aromatic N) is 1. The van der Waals surface area contributed by atoms with Gasteiger partial charge in [0.2, 0.25) is 0 Å². The van der Waals surface area contributed by atoms with Crippen LogP contribution in [0.2, 0.25) is 10.0 Å². The van der Waals surface area contributed by atoms with Gasteiger partial charge in [0.25, 0.3) is 17.7 Å². The van der Waals surface area contributed by atoms with Gasteiger partial charge < -0.3 is 19.9 Å².